The average Bonchev–Trinajstić information content (AvgIpc) is 3.07. The van der Waals surface area contributed by atoms with Crippen LogP contribution in [-0.4, -0.2) is 17.3 Å². The van der Waals surface area contributed by atoms with E-state index in [1.165, 1.54) is 16.7 Å². The number of anilines is 1. The molecule has 1 aliphatic rings. The average molecular weight is 468 g/mol. The van der Waals surface area contributed by atoms with Crippen LogP contribution in [0.4, 0.5) is 5.69 Å². The topological polar surface area (TPSA) is 38.8 Å². The van der Waals surface area contributed by atoms with E-state index in [1.807, 2.05) is 66.7 Å². The van der Waals surface area contributed by atoms with Crippen molar-refractivity contribution in [3.8, 4) is 11.5 Å². The molecule has 0 aliphatic carbocycles. The van der Waals surface area contributed by atoms with E-state index < -0.39 is 0 Å². The lowest BCUT2D eigenvalue weighted by molar-refractivity contribution is -0.113. The fourth-order valence-electron chi connectivity index (χ4n) is 3.04. The predicted molar refractivity (Wildman–Crippen MR) is 131 cm³/mol. The molecule has 0 saturated carbocycles. The Kier molecular flexibility index (Phi) is 6.61. The molecule has 1 fully saturated rings. The smallest absolute Gasteiger partial charge is 0.270 e. The first-order valence-electron chi connectivity index (χ1n) is 9.43. The molecule has 7 heteroatoms. The molecule has 0 bridgehead atoms. The molecule has 0 N–H and O–H groups in total. The number of ether oxygens (including phenoxy) is 2. The highest BCUT2D eigenvalue weighted by Crippen LogP contribution is 2.37. The number of halogens is 1. The Labute approximate surface area is 195 Å². The number of amides is 1. The highest BCUT2D eigenvalue weighted by atomic mass is 35.5. The van der Waals surface area contributed by atoms with Crippen LogP contribution in [0, 0.1) is 0 Å². The van der Waals surface area contributed by atoms with Crippen LogP contribution in [0.5, 0.6) is 11.5 Å². The molecule has 3 aromatic rings. The third-order valence-electron chi connectivity index (χ3n) is 4.64. The van der Waals surface area contributed by atoms with Crippen LogP contribution in [0.1, 0.15) is 11.1 Å². The summed E-state index contributed by atoms with van der Waals surface area (Å²) in [4.78, 5) is 15.1. The molecule has 3 aromatic carbocycles. The van der Waals surface area contributed by atoms with E-state index >= 15 is 0 Å². The second-order valence-electron chi connectivity index (χ2n) is 6.67. The number of benzene rings is 3. The van der Waals surface area contributed by atoms with Crippen molar-refractivity contribution in [1.29, 1.82) is 0 Å². The summed E-state index contributed by atoms with van der Waals surface area (Å²) in [6.45, 7) is 0.398. The number of nitrogens with zero attached hydrogens (tertiary/aromatic N) is 1. The fourth-order valence-corrected chi connectivity index (χ4v) is 4.45. The van der Waals surface area contributed by atoms with Crippen LogP contribution in [0.2, 0.25) is 5.02 Å². The summed E-state index contributed by atoms with van der Waals surface area (Å²) in [5.74, 6) is 1.25. The highest BCUT2D eigenvalue weighted by Gasteiger charge is 2.33. The summed E-state index contributed by atoms with van der Waals surface area (Å²) in [6.07, 6.45) is 1.82. The highest BCUT2D eigenvalue weighted by molar-refractivity contribution is 8.27. The lowest BCUT2D eigenvalue weighted by Gasteiger charge is -2.14. The minimum absolute atomic E-state index is 0.160. The van der Waals surface area contributed by atoms with Crippen LogP contribution in [0.3, 0.4) is 0 Å². The second kappa shape index (κ2) is 9.56. The molecule has 0 atom stereocenters. The third-order valence-corrected chi connectivity index (χ3v) is 6.19. The van der Waals surface area contributed by atoms with Crippen LogP contribution in [-0.2, 0) is 11.4 Å². The molecule has 1 amide bonds. The van der Waals surface area contributed by atoms with Gasteiger partial charge < -0.3 is 9.47 Å². The lowest BCUT2D eigenvalue weighted by Crippen LogP contribution is -2.27. The zero-order valence-electron chi connectivity index (χ0n) is 16.6. The third kappa shape index (κ3) is 4.93. The van der Waals surface area contributed by atoms with Gasteiger partial charge in [0.25, 0.3) is 5.91 Å². The molecule has 0 radical (unpaired) electrons. The van der Waals surface area contributed by atoms with E-state index in [1.54, 1.807) is 19.2 Å². The number of thioether (sulfide) groups is 1. The van der Waals surface area contributed by atoms with Crippen LogP contribution in [0.25, 0.3) is 6.08 Å². The summed E-state index contributed by atoms with van der Waals surface area (Å²) in [5, 5.41) is 0.683. The Morgan fingerprint density at radius 2 is 1.74 bits per heavy atom. The zero-order chi connectivity index (χ0) is 21.8. The molecule has 0 unspecified atom stereocenters. The summed E-state index contributed by atoms with van der Waals surface area (Å²) >= 11 is 12.7. The molecule has 1 saturated heterocycles. The Bertz CT molecular complexity index is 1140. The molecule has 31 heavy (non-hydrogen) atoms. The number of hydrogen-bond donors (Lipinski definition) is 0. The van der Waals surface area contributed by atoms with Crippen molar-refractivity contribution in [3.63, 3.8) is 0 Å². The maximum atomic E-state index is 13.1. The summed E-state index contributed by atoms with van der Waals surface area (Å²) in [5.41, 5.74) is 2.52. The molecular weight excluding hydrogens is 450 g/mol. The van der Waals surface area contributed by atoms with E-state index in [0.29, 0.717) is 32.3 Å². The molecular formula is C24H18ClNO3S2. The van der Waals surface area contributed by atoms with Gasteiger partial charge in [0, 0.05) is 10.6 Å². The molecule has 1 aliphatic heterocycles. The monoisotopic (exact) mass is 467 g/mol. The Morgan fingerprint density at radius 3 is 2.45 bits per heavy atom. The molecule has 0 spiro atoms. The number of carbonyl (C=O) groups is 1. The van der Waals surface area contributed by atoms with Gasteiger partial charge in [-0.05, 0) is 54.1 Å². The molecule has 4 rings (SSSR count). The Balaban J connectivity index is 1.55. The van der Waals surface area contributed by atoms with Crippen LogP contribution in [0.15, 0.2) is 77.7 Å². The van der Waals surface area contributed by atoms with Crippen molar-refractivity contribution < 1.29 is 14.3 Å². The SMILES string of the molecule is COc1ccc(N2C(=O)/C(=C/c3ccccc3OCc3ccc(Cl)cc3)SC2=S)cc1. The fraction of sp³-hybridized carbons (Fsp3) is 0.0833. The first-order chi connectivity index (χ1) is 15.0. The Hall–Kier alpha value is -2.80. The van der Waals surface area contributed by atoms with Gasteiger partial charge in [-0.2, -0.15) is 0 Å². The standard InChI is InChI=1S/C24H18ClNO3S2/c1-28-20-12-10-19(11-13-20)26-23(27)22(31-24(26)30)14-17-4-2-3-5-21(17)29-15-16-6-8-18(25)9-7-16/h2-14H,15H2,1H3/b22-14-. The van der Waals surface area contributed by atoms with Crippen molar-refractivity contribution in [2.24, 2.45) is 0 Å². The van der Waals surface area contributed by atoms with Crippen molar-refractivity contribution in [1.82, 2.24) is 0 Å². The van der Waals surface area contributed by atoms with Gasteiger partial charge in [0.1, 0.15) is 18.1 Å². The number of para-hydroxylation sites is 1. The number of thiocarbonyl (C=S) groups is 1. The van der Waals surface area contributed by atoms with Crippen LogP contribution >= 0.6 is 35.6 Å². The van der Waals surface area contributed by atoms with Gasteiger partial charge in [-0.1, -0.05) is 65.9 Å². The molecule has 156 valence electrons. The quantitative estimate of drug-likeness (QED) is 0.312. The maximum absolute atomic E-state index is 13.1. The first kappa shape index (κ1) is 21.4. The van der Waals surface area contributed by atoms with Crippen molar-refractivity contribution >= 4 is 57.6 Å². The Morgan fingerprint density at radius 1 is 1.03 bits per heavy atom. The van der Waals surface area contributed by atoms with Gasteiger partial charge in [-0.3, -0.25) is 9.69 Å². The normalized spacial score (nSPS) is 14.9. The first-order valence-corrected chi connectivity index (χ1v) is 11.0. The summed E-state index contributed by atoms with van der Waals surface area (Å²) in [7, 11) is 1.60. The number of hydrogen-bond acceptors (Lipinski definition) is 5. The van der Waals surface area contributed by atoms with Gasteiger partial charge in [-0.15, -0.1) is 0 Å². The van der Waals surface area contributed by atoms with Crippen molar-refractivity contribution in [2.75, 3.05) is 12.0 Å². The van der Waals surface area contributed by atoms with E-state index in [4.69, 9.17) is 33.3 Å². The predicted octanol–water partition coefficient (Wildman–Crippen LogP) is 6.33. The largest absolute Gasteiger partial charge is 0.497 e. The molecule has 1 heterocycles. The van der Waals surface area contributed by atoms with Gasteiger partial charge in [0.05, 0.1) is 17.7 Å². The van der Waals surface area contributed by atoms with E-state index in [2.05, 4.69) is 0 Å². The van der Waals surface area contributed by atoms with Crippen molar-refractivity contribution in [2.45, 2.75) is 6.61 Å². The molecule has 0 aromatic heterocycles. The summed E-state index contributed by atoms with van der Waals surface area (Å²) < 4.78 is 11.7. The summed E-state index contributed by atoms with van der Waals surface area (Å²) in [6, 6.07) is 22.3. The van der Waals surface area contributed by atoms with Gasteiger partial charge in [0.15, 0.2) is 4.32 Å². The van der Waals surface area contributed by atoms with Crippen molar-refractivity contribution in [3.05, 3.63) is 93.9 Å². The van der Waals surface area contributed by atoms with E-state index in [0.717, 1.165) is 16.9 Å². The minimum Gasteiger partial charge on any atom is -0.497 e. The van der Waals surface area contributed by atoms with Gasteiger partial charge in [0.2, 0.25) is 0 Å². The lowest BCUT2D eigenvalue weighted by atomic mass is 10.1. The minimum atomic E-state index is -0.160. The molecule has 4 nitrogen and oxygen atoms in total. The number of carbonyl (C=O) groups excluding carboxylic acids is 1. The van der Waals surface area contributed by atoms with Crippen LogP contribution < -0.4 is 14.4 Å². The van der Waals surface area contributed by atoms with Gasteiger partial charge in [-0.25, -0.2) is 0 Å². The van der Waals surface area contributed by atoms with E-state index in [9.17, 15) is 4.79 Å². The second-order valence-corrected chi connectivity index (χ2v) is 8.78. The maximum Gasteiger partial charge on any atom is 0.270 e. The number of methoxy groups -OCH3 is 1. The van der Waals surface area contributed by atoms with Gasteiger partial charge >= 0.3 is 0 Å². The number of rotatable bonds is 6. The van der Waals surface area contributed by atoms with E-state index in [-0.39, 0.29) is 5.91 Å². The zero-order valence-corrected chi connectivity index (χ0v) is 19.0.